The highest BCUT2D eigenvalue weighted by molar-refractivity contribution is 5.79. The number of guanidine groups is 1. The summed E-state index contributed by atoms with van der Waals surface area (Å²) in [5, 5.41) is 21.5. The van der Waals surface area contributed by atoms with Gasteiger partial charge in [-0.3, -0.25) is 4.99 Å². The molecule has 1 aromatic heterocycles. The average molecular weight is 436 g/mol. The molecule has 0 saturated carbocycles. The molecule has 0 aliphatic rings. The van der Waals surface area contributed by atoms with Crippen molar-refractivity contribution in [3.05, 3.63) is 78.1 Å². The number of aliphatic hydroxyl groups is 1. The Kier molecular flexibility index (Phi) is 8.69. The zero-order valence-corrected chi connectivity index (χ0v) is 19.0. The van der Waals surface area contributed by atoms with Crippen molar-refractivity contribution in [2.24, 2.45) is 4.99 Å². The molecule has 1 heterocycles. The highest BCUT2D eigenvalue weighted by Crippen LogP contribution is 2.19. The molecule has 2 aromatic carbocycles. The van der Waals surface area contributed by atoms with Gasteiger partial charge < -0.3 is 20.5 Å². The number of para-hydroxylation sites is 1. The number of hydrogen-bond donors (Lipinski definition) is 3. The van der Waals surface area contributed by atoms with E-state index >= 15 is 0 Å². The molecule has 3 rings (SSSR count). The second kappa shape index (κ2) is 11.9. The number of benzene rings is 2. The summed E-state index contributed by atoms with van der Waals surface area (Å²) in [6.45, 7) is 7.72. The molecular weight excluding hydrogens is 402 g/mol. The minimum absolute atomic E-state index is 0.122. The normalized spacial score (nSPS) is 12.6. The fourth-order valence-corrected chi connectivity index (χ4v) is 3.20. The quantitative estimate of drug-likeness (QED) is 0.335. The van der Waals surface area contributed by atoms with Gasteiger partial charge in [-0.15, -0.1) is 0 Å². The van der Waals surface area contributed by atoms with Crippen LogP contribution in [0.25, 0.3) is 5.69 Å². The summed E-state index contributed by atoms with van der Waals surface area (Å²) in [6.07, 6.45) is 4.18. The minimum atomic E-state index is -0.678. The first-order chi connectivity index (χ1) is 15.5. The molecular formula is C25H33N5O2. The van der Waals surface area contributed by atoms with E-state index in [2.05, 4.69) is 20.7 Å². The zero-order chi connectivity index (χ0) is 22.8. The molecule has 0 aliphatic carbocycles. The van der Waals surface area contributed by atoms with E-state index in [9.17, 15) is 5.11 Å². The Bertz CT molecular complexity index is 968. The first kappa shape index (κ1) is 23.3. The number of aliphatic hydroxyl groups excluding tert-OH is 1. The van der Waals surface area contributed by atoms with Crippen LogP contribution < -0.4 is 15.4 Å². The number of hydrogen-bond acceptors (Lipinski definition) is 4. The number of nitrogens with one attached hydrogen (secondary N) is 2. The fourth-order valence-electron chi connectivity index (χ4n) is 3.20. The van der Waals surface area contributed by atoms with Crippen LogP contribution in [0.3, 0.4) is 0 Å². The minimum Gasteiger partial charge on any atom is -0.491 e. The lowest BCUT2D eigenvalue weighted by Crippen LogP contribution is -2.38. The number of nitrogens with zero attached hydrogens (tertiary/aromatic N) is 3. The molecule has 0 bridgehead atoms. The Morgan fingerprint density at radius 2 is 1.84 bits per heavy atom. The van der Waals surface area contributed by atoms with Gasteiger partial charge in [0, 0.05) is 19.3 Å². The van der Waals surface area contributed by atoms with Gasteiger partial charge in [0.1, 0.15) is 5.75 Å². The molecule has 7 nitrogen and oxygen atoms in total. The van der Waals surface area contributed by atoms with E-state index < -0.39 is 6.10 Å². The van der Waals surface area contributed by atoms with Gasteiger partial charge in [-0.2, -0.15) is 5.10 Å². The molecule has 3 aromatic rings. The number of aromatic nitrogens is 2. The van der Waals surface area contributed by atoms with E-state index in [1.165, 1.54) is 0 Å². The molecule has 170 valence electrons. The van der Waals surface area contributed by atoms with E-state index in [-0.39, 0.29) is 12.6 Å². The van der Waals surface area contributed by atoms with Crippen LogP contribution >= 0.6 is 0 Å². The third-order valence-corrected chi connectivity index (χ3v) is 4.77. The Hall–Kier alpha value is -3.32. The summed E-state index contributed by atoms with van der Waals surface area (Å²) in [4.78, 5) is 4.54. The van der Waals surface area contributed by atoms with Crippen molar-refractivity contribution in [1.82, 2.24) is 20.4 Å². The second-order valence-electron chi connectivity index (χ2n) is 7.78. The maximum atomic E-state index is 10.5. The average Bonchev–Trinajstić information content (AvgIpc) is 3.27. The van der Waals surface area contributed by atoms with E-state index in [1.54, 1.807) is 0 Å². The molecule has 7 heteroatoms. The van der Waals surface area contributed by atoms with Crippen molar-refractivity contribution in [3.63, 3.8) is 0 Å². The molecule has 0 fully saturated rings. The van der Waals surface area contributed by atoms with Crippen LogP contribution in [0.2, 0.25) is 0 Å². The SMILES string of the molecule is CCNC(=NCC(O)c1ccc(OC(C)C)cc1)NCCc1cnn(-c2ccccc2)c1. The van der Waals surface area contributed by atoms with Crippen molar-refractivity contribution in [2.75, 3.05) is 19.6 Å². The van der Waals surface area contributed by atoms with Crippen LogP contribution in [0.1, 0.15) is 38.0 Å². The molecule has 0 spiro atoms. The van der Waals surface area contributed by atoms with Crippen molar-refractivity contribution in [2.45, 2.75) is 39.4 Å². The van der Waals surface area contributed by atoms with Crippen LogP contribution in [-0.4, -0.2) is 46.6 Å². The molecule has 32 heavy (non-hydrogen) atoms. The molecule has 1 atom stereocenters. The standard InChI is InChI=1S/C25H33N5O2/c1-4-26-25(28-17-24(31)21-10-12-23(13-11-21)32-19(2)3)27-15-14-20-16-29-30(18-20)22-8-6-5-7-9-22/h5-13,16,18-19,24,31H,4,14-15,17H2,1-3H3,(H2,26,27,28). The van der Waals surface area contributed by atoms with Crippen LogP contribution in [-0.2, 0) is 6.42 Å². The monoisotopic (exact) mass is 435 g/mol. The summed E-state index contributed by atoms with van der Waals surface area (Å²) >= 11 is 0. The molecule has 0 saturated heterocycles. The van der Waals surface area contributed by atoms with Crippen molar-refractivity contribution < 1.29 is 9.84 Å². The Labute approximate surface area is 190 Å². The predicted octanol–water partition coefficient (Wildman–Crippen LogP) is 3.49. The van der Waals surface area contributed by atoms with Gasteiger partial charge in [-0.1, -0.05) is 30.3 Å². The predicted molar refractivity (Wildman–Crippen MR) is 128 cm³/mol. The van der Waals surface area contributed by atoms with E-state index in [4.69, 9.17) is 4.74 Å². The Morgan fingerprint density at radius 3 is 2.53 bits per heavy atom. The lowest BCUT2D eigenvalue weighted by atomic mass is 10.1. The van der Waals surface area contributed by atoms with E-state index in [0.29, 0.717) is 12.5 Å². The smallest absolute Gasteiger partial charge is 0.191 e. The fraction of sp³-hybridized carbons (Fsp3) is 0.360. The first-order valence-corrected chi connectivity index (χ1v) is 11.1. The van der Waals surface area contributed by atoms with Gasteiger partial charge in [0.2, 0.25) is 0 Å². The number of aliphatic imine (C=N–C) groups is 1. The van der Waals surface area contributed by atoms with E-state index in [1.807, 2.05) is 92.4 Å². The second-order valence-corrected chi connectivity index (χ2v) is 7.78. The van der Waals surface area contributed by atoms with Gasteiger partial charge in [-0.05, 0) is 62.6 Å². The summed E-state index contributed by atoms with van der Waals surface area (Å²) in [5.41, 5.74) is 2.99. The van der Waals surface area contributed by atoms with Crippen LogP contribution in [0, 0.1) is 0 Å². The molecule has 0 aliphatic heterocycles. The first-order valence-electron chi connectivity index (χ1n) is 11.1. The van der Waals surface area contributed by atoms with Crippen molar-refractivity contribution >= 4 is 5.96 Å². The summed E-state index contributed by atoms with van der Waals surface area (Å²) in [6, 6.07) is 17.6. The van der Waals surface area contributed by atoms with Gasteiger partial charge in [-0.25, -0.2) is 4.68 Å². The Balaban J connectivity index is 1.51. The van der Waals surface area contributed by atoms with Gasteiger partial charge in [0.25, 0.3) is 0 Å². The van der Waals surface area contributed by atoms with Crippen LogP contribution in [0.15, 0.2) is 72.0 Å². The van der Waals surface area contributed by atoms with Gasteiger partial charge in [0.05, 0.1) is 30.6 Å². The van der Waals surface area contributed by atoms with Crippen LogP contribution in [0.4, 0.5) is 0 Å². The van der Waals surface area contributed by atoms with Gasteiger partial charge in [0.15, 0.2) is 5.96 Å². The molecule has 1 unspecified atom stereocenters. The maximum absolute atomic E-state index is 10.5. The topological polar surface area (TPSA) is 83.7 Å². The summed E-state index contributed by atoms with van der Waals surface area (Å²) < 4.78 is 7.53. The highest BCUT2D eigenvalue weighted by Gasteiger charge is 2.09. The molecule has 0 radical (unpaired) electrons. The van der Waals surface area contributed by atoms with Gasteiger partial charge >= 0.3 is 0 Å². The third kappa shape index (κ3) is 7.13. The largest absolute Gasteiger partial charge is 0.491 e. The Morgan fingerprint density at radius 1 is 1.09 bits per heavy atom. The molecule has 0 amide bonds. The number of ether oxygens (including phenoxy) is 1. The molecule has 3 N–H and O–H groups in total. The van der Waals surface area contributed by atoms with Crippen LogP contribution in [0.5, 0.6) is 5.75 Å². The number of rotatable bonds is 10. The lowest BCUT2D eigenvalue weighted by molar-refractivity contribution is 0.186. The highest BCUT2D eigenvalue weighted by atomic mass is 16.5. The van der Waals surface area contributed by atoms with E-state index in [0.717, 1.165) is 35.5 Å². The summed E-state index contributed by atoms with van der Waals surface area (Å²) in [7, 11) is 0. The zero-order valence-electron chi connectivity index (χ0n) is 19.0. The maximum Gasteiger partial charge on any atom is 0.191 e. The third-order valence-electron chi connectivity index (χ3n) is 4.77. The van der Waals surface area contributed by atoms with Crippen molar-refractivity contribution in [3.8, 4) is 11.4 Å². The van der Waals surface area contributed by atoms with Crippen molar-refractivity contribution in [1.29, 1.82) is 0 Å². The summed E-state index contributed by atoms with van der Waals surface area (Å²) in [5.74, 6) is 1.48. The lowest BCUT2D eigenvalue weighted by Gasteiger charge is -2.14.